The number of anilines is 1. The highest BCUT2D eigenvalue weighted by atomic mass is 19.4. The van der Waals surface area contributed by atoms with Crippen molar-refractivity contribution >= 4 is 23.6 Å². The van der Waals surface area contributed by atoms with Crippen LogP contribution >= 0.6 is 0 Å². The monoisotopic (exact) mass is 489 g/mol. The molecule has 2 aliphatic rings. The number of fused-ring (bicyclic) bond motifs is 1. The van der Waals surface area contributed by atoms with Gasteiger partial charge in [0.1, 0.15) is 6.04 Å². The van der Waals surface area contributed by atoms with E-state index >= 15 is 0 Å². The van der Waals surface area contributed by atoms with Gasteiger partial charge in [0.2, 0.25) is 11.8 Å². The Morgan fingerprint density at radius 3 is 2.46 bits per heavy atom. The topological polar surface area (TPSA) is 90.0 Å². The zero-order chi connectivity index (χ0) is 25.3. The van der Waals surface area contributed by atoms with Crippen molar-refractivity contribution in [3.8, 4) is 0 Å². The van der Waals surface area contributed by atoms with Crippen LogP contribution < -0.4 is 5.32 Å². The number of likely N-dealkylation sites (tertiary alicyclic amines) is 1. The second kappa shape index (κ2) is 9.59. The van der Waals surface area contributed by atoms with Crippen LogP contribution in [0.3, 0.4) is 0 Å². The predicted molar refractivity (Wildman–Crippen MR) is 122 cm³/mol. The van der Waals surface area contributed by atoms with Crippen LogP contribution in [0.4, 0.5) is 23.7 Å². The molecule has 2 aliphatic heterocycles. The number of nitrogens with zero attached hydrogens (tertiary/aromatic N) is 2. The van der Waals surface area contributed by atoms with Crippen LogP contribution in [0.5, 0.6) is 0 Å². The van der Waals surface area contributed by atoms with Gasteiger partial charge in [-0.15, -0.1) is 0 Å². The first-order valence-electron chi connectivity index (χ1n) is 11.4. The molecule has 0 bridgehead atoms. The van der Waals surface area contributed by atoms with E-state index in [4.69, 9.17) is 0 Å². The Morgan fingerprint density at radius 2 is 1.80 bits per heavy atom. The fraction of sp³-hybridized carbons (Fsp3) is 0.400. The van der Waals surface area contributed by atoms with Crippen molar-refractivity contribution in [3.05, 3.63) is 64.2 Å². The Morgan fingerprint density at radius 1 is 1.09 bits per heavy atom. The molecule has 0 spiro atoms. The number of carboxylic acid groups (broad SMARTS) is 1. The van der Waals surface area contributed by atoms with Gasteiger partial charge in [0.05, 0.1) is 12.0 Å². The van der Waals surface area contributed by atoms with Gasteiger partial charge in [-0.2, -0.15) is 13.2 Å². The molecule has 0 radical (unpaired) electrons. The van der Waals surface area contributed by atoms with E-state index < -0.39 is 23.9 Å². The van der Waals surface area contributed by atoms with Crippen molar-refractivity contribution in [2.45, 2.75) is 51.4 Å². The van der Waals surface area contributed by atoms with Crippen LogP contribution in [0, 0.1) is 6.92 Å². The molecular weight excluding hydrogens is 463 g/mol. The number of hydrogen-bond donors (Lipinski definition) is 2. The number of alkyl halides is 3. The van der Waals surface area contributed by atoms with Crippen molar-refractivity contribution in [1.82, 2.24) is 9.80 Å². The molecular formula is C25H26F3N3O4. The summed E-state index contributed by atoms with van der Waals surface area (Å²) in [4.78, 5) is 40.0. The summed E-state index contributed by atoms with van der Waals surface area (Å²) in [5, 5.41) is 12.3. The lowest BCUT2D eigenvalue weighted by Gasteiger charge is -2.34. The number of benzene rings is 2. The number of carbonyl (C=O) groups is 3. The molecule has 2 N–H and O–H groups in total. The van der Waals surface area contributed by atoms with Gasteiger partial charge in [0, 0.05) is 25.3 Å². The Labute approximate surface area is 200 Å². The van der Waals surface area contributed by atoms with Gasteiger partial charge in [-0.05, 0) is 60.6 Å². The second-order valence-corrected chi connectivity index (χ2v) is 8.96. The van der Waals surface area contributed by atoms with Gasteiger partial charge >= 0.3 is 12.3 Å². The molecule has 1 saturated heterocycles. The third-order valence-electron chi connectivity index (χ3n) is 6.62. The van der Waals surface area contributed by atoms with Crippen LogP contribution in [0.2, 0.25) is 0 Å². The van der Waals surface area contributed by atoms with E-state index in [1.165, 1.54) is 17.0 Å². The normalized spacial score (nSPS) is 17.8. The maximum atomic E-state index is 13.0. The third kappa shape index (κ3) is 5.26. The summed E-state index contributed by atoms with van der Waals surface area (Å²) in [6.07, 6.45) is -3.93. The maximum absolute atomic E-state index is 13.0. The highest BCUT2D eigenvalue weighted by Gasteiger charge is 2.37. The minimum Gasteiger partial charge on any atom is -0.465 e. The fourth-order valence-corrected chi connectivity index (χ4v) is 4.78. The molecule has 0 aromatic heterocycles. The van der Waals surface area contributed by atoms with E-state index in [0.717, 1.165) is 28.8 Å². The number of hydrogen-bond acceptors (Lipinski definition) is 3. The van der Waals surface area contributed by atoms with Crippen LogP contribution in [-0.2, 0) is 35.2 Å². The lowest BCUT2D eigenvalue weighted by atomic mass is 9.94. The predicted octanol–water partition coefficient (Wildman–Crippen LogP) is 4.22. The quantitative estimate of drug-likeness (QED) is 0.673. The molecule has 10 heteroatoms. The van der Waals surface area contributed by atoms with Crippen molar-refractivity contribution < 1.29 is 32.7 Å². The minimum atomic E-state index is -4.43. The van der Waals surface area contributed by atoms with Gasteiger partial charge in [-0.25, -0.2) is 4.79 Å². The molecule has 1 unspecified atom stereocenters. The molecule has 2 aromatic carbocycles. The molecule has 0 aliphatic carbocycles. The minimum absolute atomic E-state index is 0.0709. The van der Waals surface area contributed by atoms with Gasteiger partial charge in [0.15, 0.2) is 0 Å². The SMILES string of the molecule is Cc1ccc2c(c1NC(=O)Cc1ccc(C(F)(F)F)cc1)CCN(C(=O)C1CCCN1C(=O)O)C2. The van der Waals surface area contributed by atoms with Crippen LogP contribution in [-0.4, -0.2) is 51.9 Å². The number of carbonyl (C=O) groups excluding carboxylic acids is 2. The largest absolute Gasteiger partial charge is 0.465 e. The highest BCUT2D eigenvalue weighted by molar-refractivity contribution is 5.94. The Kier molecular flexibility index (Phi) is 6.73. The van der Waals surface area contributed by atoms with E-state index in [1.54, 1.807) is 4.90 Å². The van der Waals surface area contributed by atoms with Gasteiger partial charge in [-0.1, -0.05) is 24.3 Å². The van der Waals surface area contributed by atoms with E-state index in [-0.39, 0.29) is 18.2 Å². The fourth-order valence-electron chi connectivity index (χ4n) is 4.78. The Balaban J connectivity index is 1.45. The summed E-state index contributed by atoms with van der Waals surface area (Å²) in [5.41, 5.74) is 2.99. The van der Waals surface area contributed by atoms with Crippen molar-refractivity contribution in [3.63, 3.8) is 0 Å². The second-order valence-electron chi connectivity index (χ2n) is 8.96. The maximum Gasteiger partial charge on any atom is 0.416 e. The number of halogens is 3. The van der Waals surface area contributed by atoms with Crippen molar-refractivity contribution in [1.29, 1.82) is 0 Å². The molecule has 3 amide bonds. The van der Waals surface area contributed by atoms with Crippen molar-refractivity contribution in [2.75, 3.05) is 18.4 Å². The van der Waals surface area contributed by atoms with E-state index in [1.807, 2.05) is 19.1 Å². The van der Waals surface area contributed by atoms with Crippen LogP contribution in [0.1, 0.15) is 40.7 Å². The molecule has 186 valence electrons. The molecule has 2 heterocycles. The molecule has 35 heavy (non-hydrogen) atoms. The molecule has 7 nitrogen and oxygen atoms in total. The molecule has 0 saturated carbocycles. The molecule has 2 aromatic rings. The standard InChI is InChI=1S/C25H26F3N3O4/c1-15-4-7-17-14-30(23(33)20-3-2-11-31(20)24(34)35)12-10-19(17)22(15)29-21(32)13-16-5-8-18(9-6-16)25(26,27)28/h4-9,20H,2-3,10-14H2,1H3,(H,29,32)(H,34,35). The first-order valence-corrected chi connectivity index (χ1v) is 11.4. The Bertz CT molecular complexity index is 1150. The number of aryl methyl sites for hydroxylation is 1. The summed E-state index contributed by atoms with van der Waals surface area (Å²) < 4.78 is 38.3. The summed E-state index contributed by atoms with van der Waals surface area (Å²) >= 11 is 0. The zero-order valence-corrected chi connectivity index (χ0v) is 19.2. The Hall–Kier alpha value is -3.56. The molecule has 1 atom stereocenters. The smallest absolute Gasteiger partial charge is 0.416 e. The lowest BCUT2D eigenvalue weighted by Crippen LogP contribution is -2.48. The molecule has 4 rings (SSSR count). The summed E-state index contributed by atoms with van der Waals surface area (Å²) in [6.45, 7) is 2.93. The van der Waals surface area contributed by atoms with Gasteiger partial charge < -0.3 is 15.3 Å². The number of nitrogens with one attached hydrogen (secondary N) is 1. The van der Waals surface area contributed by atoms with Gasteiger partial charge in [-0.3, -0.25) is 14.5 Å². The van der Waals surface area contributed by atoms with Crippen LogP contribution in [0.15, 0.2) is 36.4 Å². The number of amides is 3. The highest BCUT2D eigenvalue weighted by Crippen LogP contribution is 2.32. The summed E-state index contributed by atoms with van der Waals surface area (Å²) in [6, 6.07) is 7.59. The van der Waals surface area contributed by atoms with Crippen molar-refractivity contribution in [2.24, 2.45) is 0 Å². The zero-order valence-electron chi connectivity index (χ0n) is 19.2. The average molecular weight is 489 g/mol. The lowest BCUT2D eigenvalue weighted by molar-refractivity contribution is -0.137. The number of rotatable bonds is 4. The van der Waals surface area contributed by atoms with E-state index in [9.17, 15) is 32.7 Å². The van der Waals surface area contributed by atoms with E-state index in [2.05, 4.69) is 5.32 Å². The van der Waals surface area contributed by atoms with Gasteiger partial charge in [0.25, 0.3) is 0 Å². The summed E-state index contributed by atoms with van der Waals surface area (Å²) in [5.74, 6) is -0.549. The third-order valence-corrected chi connectivity index (χ3v) is 6.62. The van der Waals surface area contributed by atoms with Crippen LogP contribution in [0.25, 0.3) is 0 Å². The average Bonchev–Trinajstić information content (AvgIpc) is 3.30. The first-order chi connectivity index (χ1) is 16.5. The molecule has 1 fully saturated rings. The first kappa shape index (κ1) is 24.6. The van der Waals surface area contributed by atoms with E-state index in [0.29, 0.717) is 50.1 Å². The summed E-state index contributed by atoms with van der Waals surface area (Å²) in [7, 11) is 0.